The van der Waals surface area contributed by atoms with E-state index in [2.05, 4.69) is 53.7 Å². The zero-order valence-corrected chi connectivity index (χ0v) is 13.2. The Bertz CT molecular complexity index is 362. The average molecular weight is 317 g/mol. The monoisotopic (exact) mass is 316 g/mol. The highest BCUT2D eigenvalue weighted by Gasteiger charge is 2.13. The molecule has 0 aliphatic heterocycles. The lowest BCUT2D eigenvalue weighted by Gasteiger charge is -2.30. The van der Waals surface area contributed by atoms with Crippen LogP contribution in [0.1, 0.15) is 19.4 Å². The van der Waals surface area contributed by atoms with Gasteiger partial charge in [0.2, 0.25) is 0 Å². The minimum Gasteiger partial charge on any atom is -0.308 e. The lowest BCUT2D eigenvalue weighted by atomic mass is 10.1. The van der Waals surface area contributed by atoms with Gasteiger partial charge < -0.3 is 4.90 Å². The molecule has 0 heterocycles. The van der Waals surface area contributed by atoms with Crippen LogP contribution in [0.2, 0.25) is 0 Å². The van der Waals surface area contributed by atoms with Crippen molar-refractivity contribution in [3.05, 3.63) is 34.1 Å². The van der Waals surface area contributed by atoms with Crippen LogP contribution < -0.4 is 0 Å². The van der Waals surface area contributed by atoms with E-state index in [1.165, 1.54) is 6.07 Å². The van der Waals surface area contributed by atoms with Crippen LogP contribution in [0.3, 0.4) is 0 Å². The molecule has 0 aliphatic carbocycles. The summed E-state index contributed by atoms with van der Waals surface area (Å²) in [5.74, 6) is -0.185. The predicted octanol–water partition coefficient (Wildman–Crippen LogP) is 3.36. The zero-order chi connectivity index (χ0) is 13.7. The van der Waals surface area contributed by atoms with E-state index in [1.54, 1.807) is 6.07 Å². The van der Waals surface area contributed by atoms with Gasteiger partial charge in [-0.05, 0) is 51.3 Å². The van der Waals surface area contributed by atoms with Crippen LogP contribution in [0.15, 0.2) is 22.7 Å². The maximum absolute atomic E-state index is 13.3. The van der Waals surface area contributed by atoms with Crippen molar-refractivity contribution >= 4 is 15.9 Å². The van der Waals surface area contributed by atoms with Crippen molar-refractivity contribution < 1.29 is 4.39 Å². The van der Waals surface area contributed by atoms with Gasteiger partial charge in [-0.3, -0.25) is 4.90 Å². The average Bonchev–Trinajstić information content (AvgIpc) is 2.23. The third-order valence-electron chi connectivity index (χ3n) is 2.97. The van der Waals surface area contributed by atoms with Crippen molar-refractivity contribution in [2.75, 3.05) is 27.2 Å². The Labute approximate surface area is 118 Å². The molecule has 0 N–H and O–H groups in total. The molecule has 1 rings (SSSR count). The molecule has 4 heteroatoms. The normalized spacial score (nSPS) is 13.3. The molecule has 0 spiro atoms. The summed E-state index contributed by atoms with van der Waals surface area (Å²) in [4.78, 5) is 4.52. The first kappa shape index (κ1) is 15.6. The Balaban J connectivity index is 2.72. The van der Waals surface area contributed by atoms with Crippen LogP contribution >= 0.6 is 15.9 Å². The fourth-order valence-corrected chi connectivity index (χ4v) is 2.67. The summed E-state index contributed by atoms with van der Waals surface area (Å²) in [6.45, 7) is 7.09. The van der Waals surface area contributed by atoms with Gasteiger partial charge in [-0.25, -0.2) is 4.39 Å². The van der Waals surface area contributed by atoms with Crippen LogP contribution in [0.25, 0.3) is 0 Å². The molecule has 2 nitrogen and oxygen atoms in total. The molecule has 0 saturated carbocycles. The molecule has 0 bridgehead atoms. The maximum atomic E-state index is 13.3. The topological polar surface area (TPSA) is 6.48 Å². The number of likely N-dealkylation sites (N-methyl/N-ethyl adjacent to an activating group) is 2. The van der Waals surface area contributed by atoms with Gasteiger partial charge >= 0.3 is 0 Å². The number of hydrogen-bond acceptors (Lipinski definition) is 2. The van der Waals surface area contributed by atoms with E-state index < -0.39 is 0 Å². The van der Waals surface area contributed by atoms with E-state index in [0.29, 0.717) is 6.04 Å². The van der Waals surface area contributed by atoms with Crippen molar-refractivity contribution in [3.8, 4) is 0 Å². The summed E-state index contributed by atoms with van der Waals surface area (Å²) in [5.41, 5.74) is 1.01. The van der Waals surface area contributed by atoms with Gasteiger partial charge in [0.05, 0.1) is 0 Å². The predicted molar refractivity (Wildman–Crippen MR) is 78.2 cm³/mol. The Morgan fingerprint density at radius 3 is 2.44 bits per heavy atom. The van der Waals surface area contributed by atoms with Crippen LogP contribution in [-0.4, -0.2) is 43.0 Å². The molecule has 0 radical (unpaired) electrons. The Hall–Kier alpha value is -0.450. The minimum atomic E-state index is -0.185. The van der Waals surface area contributed by atoms with E-state index in [1.807, 2.05) is 6.07 Å². The number of nitrogens with zero attached hydrogens (tertiary/aromatic N) is 2. The Kier molecular flexibility index (Phi) is 6.26. The summed E-state index contributed by atoms with van der Waals surface area (Å²) in [5, 5.41) is 0. The summed E-state index contributed by atoms with van der Waals surface area (Å²) < 4.78 is 14.1. The van der Waals surface area contributed by atoms with Crippen LogP contribution in [0, 0.1) is 5.82 Å². The van der Waals surface area contributed by atoms with Gasteiger partial charge in [0.25, 0.3) is 0 Å². The van der Waals surface area contributed by atoms with Gasteiger partial charge in [0, 0.05) is 23.6 Å². The first-order chi connectivity index (χ1) is 8.42. The second-order valence-electron chi connectivity index (χ2n) is 4.95. The van der Waals surface area contributed by atoms with E-state index in [0.717, 1.165) is 29.7 Å². The van der Waals surface area contributed by atoms with Gasteiger partial charge in [-0.1, -0.05) is 22.9 Å². The second kappa shape index (κ2) is 7.22. The molecular weight excluding hydrogens is 295 g/mol. The lowest BCUT2D eigenvalue weighted by Crippen LogP contribution is -2.39. The fraction of sp³-hybridized carbons (Fsp3) is 0.571. The zero-order valence-electron chi connectivity index (χ0n) is 11.6. The van der Waals surface area contributed by atoms with Crippen molar-refractivity contribution in [2.45, 2.75) is 26.4 Å². The van der Waals surface area contributed by atoms with Gasteiger partial charge in [-0.15, -0.1) is 0 Å². The molecule has 1 unspecified atom stereocenters. The molecule has 0 aliphatic rings. The van der Waals surface area contributed by atoms with Crippen molar-refractivity contribution in [1.29, 1.82) is 0 Å². The molecule has 0 aromatic heterocycles. The smallest absolute Gasteiger partial charge is 0.124 e. The summed E-state index contributed by atoms with van der Waals surface area (Å²) >= 11 is 3.34. The van der Waals surface area contributed by atoms with E-state index in [4.69, 9.17) is 0 Å². The molecule has 0 fully saturated rings. The lowest BCUT2D eigenvalue weighted by molar-refractivity contribution is 0.174. The molecule has 1 atom stereocenters. The molecule has 1 aromatic rings. The summed E-state index contributed by atoms with van der Waals surface area (Å²) in [7, 11) is 4.15. The Morgan fingerprint density at radius 1 is 1.28 bits per heavy atom. The fourth-order valence-electron chi connectivity index (χ4n) is 2.16. The number of hydrogen-bond donors (Lipinski definition) is 0. The highest BCUT2D eigenvalue weighted by atomic mass is 79.9. The van der Waals surface area contributed by atoms with Gasteiger partial charge in [0.15, 0.2) is 0 Å². The highest BCUT2D eigenvalue weighted by molar-refractivity contribution is 9.10. The third-order valence-corrected chi connectivity index (χ3v) is 3.42. The second-order valence-corrected chi connectivity index (χ2v) is 5.87. The molecule has 18 heavy (non-hydrogen) atoms. The van der Waals surface area contributed by atoms with Crippen molar-refractivity contribution in [3.63, 3.8) is 0 Å². The molecular formula is C14H22BrFN2. The number of benzene rings is 1. The van der Waals surface area contributed by atoms with Crippen molar-refractivity contribution in [1.82, 2.24) is 9.80 Å². The molecule has 102 valence electrons. The SMILES string of the molecule is CCN(Cc1cc(F)cc(Br)c1)C(C)CN(C)C. The minimum absolute atomic E-state index is 0.185. The first-order valence-corrected chi connectivity index (χ1v) is 7.05. The van der Waals surface area contributed by atoms with E-state index in [-0.39, 0.29) is 5.82 Å². The van der Waals surface area contributed by atoms with Crippen molar-refractivity contribution in [2.24, 2.45) is 0 Å². The van der Waals surface area contributed by atoms with Crippen LogP contribution in [0.4, 0.5) is 4.39 Å². The van der Waals surface area contributed by atoms with E-state index >= 15 is 0 Å². The first-order valence-electron chi connectivity index (χ1n) is 6.26. The van der Waals surface area contributed by atoms with Crippen LogP contribution in [-0.2, 0) is 6.54 Å². The molecule has 0 saturated heterocycles. The quantitative estimate of drug-likeness (QED) is 0.794. The third kappa shape index (κ3) is 5.04. The molecule has 1 aromatic carbocycles. The largest absolute Gasteiger partial charge is 0.308 e. The van der Waals surface area contributed by atoms with E-state index in [9.17, 15) is 4.39 Å². The van der Waals surface area contributed by atoms with Crippen LogP contribution in [0.5, 0.6) is 0 Å². The number of rotatable bonds is 6. The maximum Gasteiger partial charge on any atom is 0.124 e. The van der Waals surface area contributed by atoms with Gasteiger partial charge in [-0.2, -0.15) is 0 Å². The summed E-state index contributed by atoms with van der Waals surface area (Å²) in [6, 6.07) is 5.53. The number of halogens is 2. The van der Waals surface area contributed by atoms with Gasteiger partial charge in [0.1, 0.15) is 5.82 Å². The summed E-state index contributed by atoms with van der Waals surface area (Å²) in [6.07, 6.45) is 0. The highest BCUT2D eigenvalue weighted by Crippen LogP contribution is 2.17. The standard InChI is InChI=1S/C14H22BrFN2/c1-5-18(11(2)9-17(3)4)10-12-6-13(15)8-14(16)7-12/h6-8,11H,5,9-10H2,1-4H3. The Morgan fingerprint density at radius 2 is 1.94 bits per heavy atom. The molecule has 0 amide bonds.